The number of nitrogens with two attached hydrogens (primary N) is 1. The Morgan fingerprint density at radius 1 is 1.29 bits per heavy atom. The van der Waals surface area contributed by atoms with Gasteiger partial charge in [0.15, 0.2) is 0 Å². The van der Waals surface area contributed by atoms with Crippen LogP contribution in [-0.4, -0.2) is 17.4 Å². The van der Waals surface area contributed by atoms with E-state index >= 15 is 0 Å². The number of hydrogen-bond donors (Lipinski definition) is 2. The Hall–Kier alpha value is -2.64. The molecule has 0 saturated heterocycles. The molecule has 1 heterocycles. The number of pyridine rings is 1. The Kier molecular flexibility index (Phi) is 4.70. The van der Waals surface area contributed by atoms with Crippen LogP contribution in [0.3, 0.4) is 0 Å². The van der Waals surface area contributed by atoms with Gasteiger partial charge in [-0.3, -0.25) is 9.78 Å². The number of anilines is 1. The molecule has 2 aromatic rings. The predicted octanol–water partition coefficient (Wildman–Crippen LogP) is 2.26. The van der Waals surface area contributed by atoms with Crippen LogP contribution in [0.4, 0.5) is 5.69 Å². The quantitative estimate of drug-likeness (QED) is 0.829. The zero-order chi connectivity index (χ0) is 15.2. The normalized spacial score (nSPS) is 9.67. The number of benzene rings is 1. The molecule has 4 nitrogen and oxygen atoms in total. The molecule has 0 spiro atoms. The summed E-state index contributed by atoms with van der Waals surface area (Å²) in [7, 11) is 0. The highest BCUT2D eigenvalue weighted by molar-refractivity contribution is 6.05. The maximum absolute atomic E-state index is 12.4. The summed E-state index contributed by atoms with van der Waals surface area (Å²) in [6, 6.07) is 7.33. The summed E-state index contributed by atoms with van der Waals surface area (Å²) >= 11 is 0. The average Bonchev–Trinajstić information content (AvgIpc) is 2.48. The first-order valence-corrected chi connectivity index (χ1v) is 6.63. The molecule has 0 fully saturated rings. The number of aromatic nitrogens is 1. The standard InChI is InChI=1S/C17H17N3O/c1-12-5-6-14(4-3-8-18)10-15(12)17(21)20-16-7-9-19-11-13(16)2/h5-7,9-11H,8,18H2,1-2H3,(H,19,20,21). The van der Waals surface area contributed by atoms with Crippen LogP contribution in [0.1, 0.15) is 27.0 Å². The van der Waals surface area contributed by atoms with E-state index in [-0.39, 0.29) is 5.91 Å². The predicted molar refractivity (Wildman–Crippen MR) is 84.0 cm³/mol. The first kappa shape index (κ1) is 14.8. The molecular weight excluding hydrogens is 262 g/mol. The molecule has 21 heavy (non-hydrogen) atoms. The molecule has 1 aromatic carbocycles. The number of amides is 1. The van der Waals surface area contributed by atoms with E-state index in [1.807, 2.05) is 26.0 Å². The number of rotatable bonds is 2. The third-order valence-corrected chi connectivity index (χ3v) is 3.09. The second-order valence-electron chi connectivity index (χ2n) is 4.68. The molecule has 106 valence electrons. The summed E-state index contributed by atoms with van der Waals surface area (Å²) in [5.74, 6) is 5.57. The lowest BCUT2D eigenvalue weighted by atomic mass is 10.0. The van der Waals surface area contributed by atoms with Gasteiger partial charge in [-0.2, -0.15) is 0 Å². The second kappa shape index (κ2) is 6.69. The number of nitrogens with one attached hydrogen (secondary N) is 1. The first-order chi connectivity index (χ1) is 10.1. The summed E-state index contributed by atoms with van der Waals surface area (Å²) in [4.78, 5) is 16.4. The number of carbonyl (C=O) groups excluding carboxylic acids is 1. The van der Waals surface area contributed by atoms with Crippen LogP contribution >= 0.6 is 0 Å². The number of nitrogens with zero attached hydrogens (tertiary/aromatic N) is 1. The van der Waals surface area contributed by atoms with Crippen molar-refractivity contribution in [3.05, 3.63) is 58.9 Å². The van der Waals surface area contributed by atoms with Gasteiger partial charge in [-0.25, -0.2) is 0 Å². The molecule has 0 saturated carbocycles. The zero-order valence-corrected chi connectivity index (χ0v) is 12.1. The average molecular weight is 279 g/mol. The van der Waals surface area contributed by atoms with Gasteiger partial charge in [0.25, 0.3) is 5.91 Å². The van der Waals surface area contributed by atoms with Gasteiger partial charge in [0.1, 0.15) is 0 Å². The number of aryl methyl sites for hydroxylation is 2. The van der Waals surface area contributed by atoms with Gasteiger partial charge < -0.3 is 11.1 Å². The fourth-order valence-electron chi connectivity index (χ4n) is 1.90. The molecule has 0 aliphatic heterocycles. The van der Waals surface area contributed by atoms with Crippen LogP contribution in [0.2, 0.25) is 0 Å². The van der Waals surface area contributed by atoms with Gasteiger partial charge in [0, 0.05) is 29.2 Å². The highest BCUT2D eigenvalue weighted by Crippen LogP contribution is 2.16. The van der Waals surface area contributed by atoms with Crippen molar-refractivity contribution in [2.75, 3.05) is 11.9 Å². The SMILES string of the molecule is Cc1cnccc1NC(=O)c1cc(C#CCN)ccc1C. The third-order valence-electron chi connectivity index (χ3n) is 3.09. The van der Waals surface area contributed by atoms with Crippen molar-refractivity contribution in [1.29, 1.82) is 0 Å². The zero-order valence-electron chi connectivity index (χ0n) is 12.1. The van der Waals surface area contributed by atoms with Gasteiger partial charge in [-0.05, 0) is 43.2 Å². The topological polar surface area (TPSA) is 68.0 Å². The highest BCUT2D eigenvalue weighted by atomic mass is 16.1. The molecule has 0 aliphatic carbocycles. The highest BCUT2D eigenvalue weighted by Gasteiger charge is 2.11. The third kappa shape index (κ3) is 3.68. The van der Waals surface area contributed by atoms with Crippen molar-refractivity contribution in [3.63, 3.8) is 0 Å². The molecule has 1 amide bonds. The summed E-state index contributed by atoms with van der Waals surface area (Å²) in [6.07, 6.45) is 3.37. The van der Waals surface area contributed by atoms with Crippen molar-refractivity contribution >= 4 is 11.6 Å². The molecule has 4 heteroatoms. The van der Waals surface area contributed by atoms with Gasteiger partial charge in [0.2, 0.25) is 0 Å². The molecule has 0 radical (unpaired) electrons. The van der Waals surface area contributed by atoms with E-state index in [2.05, 4.69) is 22.1 Å². The van der Waals surface area contributed by atoms with Crippen molar-refractivity contribution in [3.8, 4) is 11.8 Å². The fraction of sp³-hybridized carbons (Fsp3) is 0.176. The van der Waals surface area contributed by atoms with Gasteiger partial charge >= 0.3 is 0 Å². The maximum Gasteiger partial charge on any atom is 0.255 e. The molecule has 0 unspecified atom stereocenters. The van der Waals surface area contributed by atoms with Gasteiger partial charge in [0.05, 0.1) is 6.54 Å². The van der Waals surface area contributed by atoms with Crippen molar-refractivity contribution < 1.29 is 4.79 Å². The smallest absolute Gasteiger partial charge is 0.255 e. The minimum absolute atomic E-state index is 0.154. The lowest BCUT2D eigenvalue weighted by Crippen LogP contribution is -2.14. The molecule has 3 N–H and O–H groups in total. The number of hydrogen-bond acceptors (Lipinski definition) is 3. The molecule has 2 rings (SSSR count). The Labute approximate surface area is 124 Å². The summed E-state index contributed by atoms with van der Waals surface area (Å²) in [5.41, 5.74) is 9.33. The monoisotopic (exact) mass is 279 g/mol. The van der Waals surface area contributed by atoms with E-state index in [1.165, 1.54) is 0 Å². The van der Waals surface area contributed by atoms with Gasteiger partial charge in [-0.15, -0.1) is 0 Å². The number of carbonyl (C=O) groups is 1. The van der Waals surface area contributed by atoms with E-state index in [0.717, 1.165) is 22.4 Å². The largest absolute Gasteiger partial charge is 0.322 e. The van der Waals surface area contributed by atoms with Crippen LogP contribution in [0.25, 0.3) is 0 Å². The minimum Gasteiger partial charge on any atom is -0.322 e. The van der Waals surface area contributed by atoms with E-state index in [9.17, 15) is 4.79 Å². The van der Waals surface area contributed by atoms with Crippen molar-refractivity contribution in [1.82, 2.24) is 4.98 Å². The van der Waals surface area contributed by atoms with E-state index in [0.29, 0.717) is 12.1 Å². The Balaban J connectivity index is 2.28. The van der Waals surface area contributed by atoms with Crippen LogP contribution in [0.5, 0.6) is 0 Å². The lowest BCUT2D eigenvalue weighted by Gasteiger charge is -2.10. The van der Waals surface area contributed by atoms with Crippen LogP contribution in [0.15, 0.2) is 36.7 Å². The molecule has 0 atom stereocenters. The summed E-state index contributed by atoms with van der Waals surface area (Å²) in [6.45, 7) is 4.10. The molecular formula is C17H17N3O. The first-order valence-electron chi connectivity index (χ1n) is 6.63. The van der Waals surface area contributed by atoms with Crippen LogP contribution in [0, 0.1) is 25.7 Å². The van der Waals surface area contributed by atoms with Crippen LogP contribution in [-0.2, 0) is 0 Å². The molecule has 0 aliphatic rings. The van der Waals surface area contributed by atoms with Crippen molar-refractivity contribution in [2.24, 2.45) is 5.73 Å². The molecule has 1 aromatic heterocycles. The minimum atomic E-state index is -0.154. The van der Waals surface area contributed by atoms with Crippen molar-refractivity contribution in [2.45, 2.75) is 13.8 Å². The maximum atomic E-state index is 12.4. The molecule has 0 bridgehead atoms. The Bertz CT molecular complexity index is 726. The van der Waals surface area contributed by atoms with E-state index < -0.39 is 0 Å². The summed E-state index contributed by atoms with van der Waals surface area (Å²) in [5, 5.41) is 2.90. The Morgan fingerprint density at radius 3 is 2.81 bits per heavy atom. The van der Waals surface area contributed by atoms with Gasteiger partial charge in [-0.1, -0.05) is 17.9 Å². The van der Waals surface area contributed by atoms with E-state index in [4.69, 9.17) is 5.73 Å². The fourth-order valence-corrected chi connectivity index (χ4v) is 1.90. The summed E-state index contributed by atoms with van der Waals surface area (Å²) < 4.78 is 0. The second-order valence-corrected chi connectivity index (χ2v) is 4.68. The van der Waals surface area contributed by atoms with Crippen LogP contribution < -0.4 is 11.1 Å². The lowest BCUT2D eigenvalue weighted by molar-refractivity contribution is 0.102. The Morgan fingerprint density at radius 2 is 2.10 bits per heavy atom. The van der Waals surface area contributed by atoms with E-state index in [1.54, 1.807) is 24.5 Å².